The molecule has 0 fully saturated rings. The molecule has 0 heterocycles. The Morgan fingerprint density at radius 1 is 1.10 bits per heavy atom. The van der Waals surface area contributed by atoms with Gasteiger partial charge in [-0.2, -0.15) is 0 Å². The summed E-state index contributed by atoms with van der Waals surface area (Å²) in [5.74, 6) is -0.579. The van der Waals surface area contributed by atoms with Crippen LogP contribution < -0.4 is 10.5 Å². The van der Waals surface area contributed by atoms with Crippen LogP contribution in [0.15, 0.2) is 36.4 Å². The molecule has 2 nitrogen and oxygen atoms in total. The Labute approximate surface area is 117 Å². The molecule has 2 N–H and O–H groups in total. The number of benzene rings is 2. The van der Waals surface area contributed by atoms with Gasteiger partial charge in [-0.05, 0) is 43.2 Å². The van der Waals surface area contributed by atoms with E-state index in [1.807, 2.05) is 32.0 Å². The van der Waals surface area contributed by atoms with E-state index in [4.69, 9.17) is 10.5 Å². The van der Waals surface area contributed by atoms with E-state index in [-0.39, 0.29) is 12.6 Å². The van der Waals surface area contributed by atoms with Crippen LogP contribution >= 0.6 is 0 Å². The number of halogens is 2. The van der Waals surface area contributed by atoms with E-state index in [2.05, 4.69) is 0 Å². The number of hydrogen-bond donors (Lipinski definition) is 1. The molecule has 0 radical (unpaired) electrons. The molecule has 0 saturated carbocycles. The van der Waals surface area contributed by atoms with Crippen LogP contribution in [-0.2, 0) is 6.61 Å². The van der Waals surface area contributed by atoms with Crippen LogP contribution in [0.25, 0.3) is 0 Å². The zero-order chi connectivity index (χ0) is 14.7. The highest BCUT2D eigenvalue weighted by Gasteiger charge is 2.09. The molecular formula is C16H17F2NO. The van der Waals surface area contributed by atoms with Crippen molar-refractivity contribution in [2.45, 2.75) is 26.5 Å². The third-order valence-electron chi connectivity index (χ3n) is 2.98. The average molecular weight is 277 g/mol. The topological polar surface area (TPSA) is 35.2 Å². The molecule has 4 heteroatoms. The molecule has 0 spiro atoms. The molecule has 106 valence electrons. The van der Waals surface area contributed by atoms with Gasteiger partial charge in [0.15, 0.2) is 0 Å². The highest BCUT2D eigenvalue weighted by Crippen LogP contribution is 2.26. The van der Waals surface area contributed by atoms with Crippen LogP contribution in [0, 0.1) is 18.6 Å². The minimum Gasteiger partial charge on any atom is -0.489 e. The van der Waals surface area contributed by atoms with Gasteiger partial charge < -0.3 is 10.5 Å². The molecule has 0 aromatic heterocycles. The van der Waals surface area contributed by atoms with Gasteiger partial charge in [0.2, 0.25) is 0 Å². The maximum absolute atomic E-state index is 13.1. The lowest BCUT2D eigenvalue weighted by molar-refractivity contribution is 0.300. The lowest BCUT2D eigenvalue weighted by Crippen LogP contribution is -2.08. The fourth-order valence-corrected chi connectivity index (χ4v) is 2.00. The van der Waals surface area contributed by atoms with Gasteiger partial charge in [-0.3, -0.25) is 0 Å². The summed E-state index contributed by atoms with van der Waals surface area (Å²) in [6, 6.07) is 8.90. The Balaban J connectivity index is 2.20. The number of hydrogen-bond acceptors (Lipinski definition) is 2. The lowest BCUT2D eigenvalue weighted by Gasteiger charge is -2.15. The Morgan fingerprint density at radius 3 is 2.35 bits per heavy atom. The largest absolute Gasteiger partial charge is 0.489 e. The van der Waals surface area contributed by atoms with Gasteiger partial charge in [-0.1, -0.05) is 12.1 Å². The molecule has 0 unspecified atom stereocenters. The summed E-state index contributed by atoms with van der Waals surface area (Å²) in [4.78, 5) is 0. The minimum atomic E-state index is -0.611. The fourth-order valence-electron chi connectivity index (χ4n) is 2.00. The van der Waals surface area contributed by atoms with Gasteiger partial charge in [-0.15, -0.1) is 0 Å². The van der Waals surface area contributed by atoms with Crippen molar-refractivity contribution < 1.29 is 13.5 Å². The van der Waals surface area contributed by atoms with Crippen molar-refractivity contribution in [3.63, 3.8) is 0 Å². The van der Waals surface area contributed by atoms with E-state index in [0.29, 0.717) is 11.3 Å². The van der Waals surface area contributed by atoms with Gasteiger partial charge in [-0.25, -0.2) is 8.78 Å². The van der Waals surface area contributed by atoms with E-state index in [9.17, 15) is 8.78 Å². The molecule has 0 amide bonds. The summed E-state index contributed by atoms with van der Waals surface area (Å²) < 4.78 is 31.9. The summed E-state index contributed by atoms with van der Waals surface area (Å²) in [5.41, 5.74) is 8.23. The first-order valence-corrected chi connectivity index (χ1v) is 6.39. The molecule has 0 saturated heterocycles. The Hall–Kier alpha value is -1.94. The second-order valence-corrected chi connectivity index (χ2v) is 4.90. The summed E-state index contributed by atoms with van der Waals surface area (Å²) in [7, 11) is 0. The SMILES string of the molecule is Cc1ccc([C@@H](C)N)c(OCc2cc(F)cc(F)c2)c1. The van der Waals surface area contributed by atoms with Gasteiger partial charge in [0.05, 0.1) is 0 Å². The summed E-state index contributed by atoms with van der Waals surface area (Å²) in [6.45, 7) is 3.90. The molecule has 0 bridgehead atoms. The van der Waals surface area contributed by atoms with E-state index in [0.717, 1.165) is 17.2 Å². The van der Waals surface area contributed by atoms with Crippen molar-refractivity contribution in [2.75, 3.05) is 0 Å². The van der Waals surface area contributed by atoms with Crippen LogP contribution in [0.4, 0.5) is 8.78 Å². The molecule has 1 atom stereocenters. The minimum absolute atomic E-state index is 0.0951. The first-order valence-electron chi connectivity index (χ1n) is 6.39. The zero-order valence-electron chi connectivity index (χ0n) is 11.5. The third-order valence-corrected chi connectivity index (χ3v) is 2.98. The Morgan fingerprint density at radius 2 is 1.75 bits per heavy atom. The van der Waals surface area contributed by atoms with Gasteiger partial charge in [0.1, 0.15) is 24.0 Å². The first-order chi connectivity index (χ1) is 9.45. The number of aryl methyl sites for hydroxylation is 1. The van der Waals surface area contributed by atoms with Crippen molar-refractivity contribution in [3.8, 4) is 5.75 Å². The van der Waals surface area contributed by atoms with Crippen LogP contribution in [-0.4, -0.2) is 0 Å². The first kappa shape index (κ1) is 14.5. The van der Waals surface area contributed by atoms with Crippen molar-refractivity contribution in [2.24, 2.45) is 5.73 Å². The van der Waals surface area contributed by atoms with Gasteiger partial charge in [0, 0.05) is 17.7 Å². The number of nitrogens with two attached hydrogens (primary N) is 1. The van der Waals surface area contributed by atoms with Crippen molar-refractivity contribution in [1.29, 1.82) is 0 Å². The summed E-state index contributed by atoms with van der Waals surface area (Å²) in [6.07, 6.45) is 0. The van der Waals surface area contributed by atoms with E-state index < -0.39 is 11.6 Å². The average Bonchev–Trinajstić information content (AvgIpc) is 2.35. The summed E-state index contributed by atoms with van der Waals surface area (Å²) in [5, 5.41) is 0. The highest BCUT2D eigenvalue weighted by atomic mass is 19.1. The molecular weight excluding hydrogens is 260 g/mol. The molecule has 0 aliphatic heterocycles. The standard InChI is InChI=1S/C16H17F2NO/c1-10-3-4-15(11(2)19)16(5-10)20-9-12-6-13(17)8-14(18)7-12/h3-8,11H,9,19H2,1-2H3/t11-/m1/s1. The number of ether oxygens (including phenoxy) is 1. The van der Waals surface area contributed by atoms with Crippen LogP contribution in [0.1, 0.15) is 29.7 Å². The Bertz CT molecular complexity index is 591. The predicted molar refractivity (Wildman–Crippen MR) is 74.5 cm³/mol. The van der Waals surface area contributed by atoms with Crippen molar-refractivity contribution in [3.05, 3.63) is 64.7 Å². The maximum atomic E-state index is 13.1. The van der Waals surface area contributed by atoms with Gasteiger partial charge >= 0.3 is 0 Å². The zero-order valence-corrected chi connectivity index (χ0v) is 11.5. The van der Waals surface area contributed by atoms with E-state index >= 15 is 0 Å². The second-order valence-electron chi connectivity index (χ2n) is 4.90. The van der Waals surface area contributed by atoms with Crippen LogP contribution in [0.2, 0.25) is 0 Å². The smallest absolute Gasteiger partial charge is 0.126 e. The predicted octanol–water partition coefficient (Wildman–Crippen LogP) is 3.87. The third kappa shape index (κ3) is 3.54. The van der Waals surface area contributed by atoms with E-state index in [1.165, 1.54) is 12.1 Å². The van der Waals surface area contributed by atoms with Crippen molar-refractivity contribution in [1.82, 2.24) is 0 Å². The van der Waals surface area contributed by atoms with Gasteiger partial charge in [0.25, 0.3) is 0 Å². The van der Waals surface area contributed by atoms with E-state index in [1.54, 1.807) is 0 Å². The molecule has 20 heavy (non-hydrogen) atoms. The normalized spacial score (nSPS) is 12.2. The summed E-state index contributed by atoms with van der Waals surface area (Å²) >= 11 is 0. The molecule has 2 aromatic rings. The lowest BCUT2D eigenvalue weighted by atomic mass is 10.1. The second kappa shape index (κ2) is 6.01. The molecule has 2 rings (SSSR count). The Kier molecular flexibility index (Phi) is 4.35. The quantitative estimate of drug-likeness (QED) is 0.920. The monoisotopic (exact) mass is 277 g/mol. The maximum Gasteiger partial charge on any atom is 0.126 e. The molecule has 0 aliphatic carbocycles. The van der Waals surface area contributed by atoms with Crippen LogP contribution in [0.5, 0.6) is 5.75 Å². The molecule has 2 aromatic carbocycles. The number of rotatable bonds is 4. The fraction of sp³-hybridized carbons (Fsp3) is 0.250. The molecule has 0 aliphatic rings. The highest BCUT2D eigenvalue weighted by molar-refractivity contribution is 5.39. The van der Waals surface area contributed by atoms with Crippen molar-refractivity contribution >= 4 is 0 Å². The van der Waals surface area contributed by atoms with Crippen LogP contribution in [0.3, 0.4) is 0 Å².